The van der Waals surface area contributed by atoms with E-state index in [0.29, 0.717) is 12.1 Å². The number of hydrogen-bond acceptors (Lipinski definition) is 2. The SMILES string of the molecule is O=C(NCc1cccc(Br)c1)c1cc(Cl)ncc1Cl. The summed E-state index contributed by atoms with van der Waals surface area (Å²) in [5.74, 6) is -0.283. The molecule has 1 aromatic heterocycles. The summed E-state index contributed by atoms with van der Waals surface area (Å²) in [5.41, 5.74) is 1.30. The van der Waals surface area contributed by atoms with E-state index < -0.39 is 0 Å². The van der Waals surface area contributed by atoms with Crippen LogP contribution in [0.2, 0.25) is 10.2 Å². The van der Waals surface area contributed by atoms with Crippen molar-refractivity contribution in [3.8, 4) is 0 Å². The van der Waals surface area contributed by atoms with Crippen LogP contribution in [-0.2, 0) is 6.54 Å². The van der Waals surface area contributed by atoms with Gasteiger partial charge in [0, 0.05) is 17.2 Å². The molecule has 0 saturated carbocycles. The summed E-state index contributed by atoms with van der Waals surface area (Å²) in [6.07, 6.45) is 1.36. The summed E-state index contributed by atoms with van der Waals surface area (Å²) < 4.78 is 0.962. The average Bonchev–Trinajstić information content (AvgIpc) is 2.39. The highest BCUT2D eigenvalue weighted by atomic mass is 79.9. The van der Waals surface area contributed by atoms with Gasteiger partial charge in [-0.3, -0.25) is 4.79 Å². The number of rotatable bonds is 3. The Morgan fingerprint density at radius 1 is 1.32 bits per heavy atom. The first-order chi connectivity index (χ1) is 9.06. The number of halogens is 3. The number of pyridine rings is 1. The van der Waals surface area contributed by atoms with Crippen molar-refractivity contribution in [3.63, 3.8) is 0 Å². The lowest BCUT2D eigenvalue weighted by atomic mass is 10.2. The molecular formula is C13H9BrCl2N2O. The summed E-state index contributed by atoms with van der Waals surface area (Å²) in [7, 11) is 0. The van der Waals surface area contributed by atoms with Gasteiger partial charge < -0.3 is 5.32 Å². The van der Waals surface area contributed by atoms with Crippen molar-refractivity contribution in [3.05, 3.63) is 62.3 Å². The van der Waals surface area contributed by atoms with Crippen LogP contribution in [-0.4, -0.2) is 10.9 Å². The van der Waals surface area contributed by atoms with Crippen LogP contribution >= 0.6 is 39.1 Å². The van der Waals surface area contributed by atoms with Crippen molar-refractivity contribution >= 4 is 45.0 Å². The highest BCUT2D eigenvalue weighted by Gasteiger charge is 2.11. The predicted octanol–water partition coefficient (Wildman–Crippen LogP) is 4.08. The molecule has 19 heavy (non-hydrogen) atoms. The van der Waals surface area contributed by atoms with Crippen LogP contribution in [0, 0.1) is 0 Å². The van der Waals surface area contributed by atoms with E-state index in [2.05, 4.69) is 26.2 Å². The van der Waals surface area contributed by atoms with Gasteiger partial charge in [-0.25, -0.2) is 4.98 Å². The summed E-state index contributed by atoms with van der Waals surface area (Å²) >= 11 is 15.0. The van der Waals surface area contributed by atoms with Crippen molar-refractivity contribution in [2.75, 3.05) is 0 Å². The molecule has 6 heteroatoms. The lowest BCUT2D eigenvalue weighted by Crippen LogP contribution is -2.23. The molecule has 0 aliphatic heterocycles. The molecule has 1 amide bonds. The largest absolute Gasteiger partial charge is 0.348 e. The van der Waals surface area contributed by atoms with E-state index in [4.69, 9.17) is 23.2 Å². The third-order valence-corrected chi connectivity index (χ3v) is 3.41. The maximum Gasteiger partial charge on any atom is 0.253 e. The van der Waals surface area contributed by atoms with Crippen LogP contribution in [0.1, 0.15) is 15.9 Å². The van der Waals surface area contributed by atoms with Crippen molar-refractivity contribution in [1.29, 1.82) is 0 Å². The highest BCUT2D eigenvalue weighted by molar-refractivity contribution is 9.10. The van der Waals surface area contributed by atoms with Crippen LogP contribution in [0.3, 0.4) is 0 Å². The van der Waals surface area contributed by atoms with Crippen molar-refractivity contribution in [2.24, 2.45) is 0 Å². The first-order valence-corrected chi connectivity index (χ1v) is 6.95. The molecule has 0 fully saturated rings. The van der Waals surface area contributed by atoms with Gasteiger partial charge in [-0.2, -0.15) is 0 Å². The molecule has 0 aliphatic rings. The van der Waals surface area contributed by atoms with Gasteiger partial charge in [0.2, 0.25) is 0 Å². The van der Waals surface area contributed by atoms with Gasteiger partial charge in [0.05, 0.1) is 10.6 Å². The van der Waals surface area contributed by atoms with E-state index in [1.54, 1.807) is 0 Å². The standard InChI is InChI=1S/C13H9BrCl2N2O/c14-9-3-1-2-8(4-9)6-18-13(19)10-5-12(16)17-7-11(10)15/h1-5,7H,6H2,(H,18,19). The van der Waals surface area contributed by atoms with E-state index in [1.807, 2.05) is 24.3 Å². The molecule has 0 atom stereocenters. The molecule has 3 nitrogen and oxygen atoms in total. The monoisotopic (exact) mass is 358 g/mol. The maximum absolute atomic E-state index is 12.0. The number of amides is 1. The van der Waals surface area contributed by atoms with Crippen LogP contribution in [0.4, 0.5) is 0 Å². The average molecular weight is 360 g/mol. The predicted molar refractivity (Wildman–Crippen MR) is 79.6 cm³/mol. The second kappa shape index (κ2) is 6.37. The van der Waals surface area contributed by atoms with Gasteiger partial charge in [0.25, 0.3) is 5.91 Å². The van der Waals surface area contributed by atoms with E-state index >= 15 is 0 Å². The molecule has 0 unspecified atom stereocenters. The van der Waals surface area contributed by atoms with Crippen molar-refractivity contribution < 1.29 is 4.79 Å². The topological polar surface area (TPSA) is 42.0 Å². The van der Waals surface area contributed by atoms with Crippen molar-refractivity contribution in [1.82, 2.24) is 10.3 Å². The minimum absolute atomic E-state index is 0.233. The molecule has 98 valence electrons. The lowest BCUT2D eigenvalue weighted by Gasteiger charge is -2.07. The Labute approximate surface area is 129 Å². The normalized spacial score (nSPS) is 10.3. The number of carbonyl (C=O) groups is 1. The fraction of sp³-hybridized carbons (Fsp3) is 0.0769. The maximum atomic E-state index is 12.0. The molecule has 1 aromatic carbocycles. The second-order valence-corrected chi connectivity index (χ2v) is 5.51. The minimum Gasteiger partial charge on any atom is -0.348 e. The summed E-state index contributed by atoms with van der Waals surface area (Å²) in [5, 5.41) is 3.29. The van der Waals surface area contributed by atoms with Gasteiger partial charge in [-0.05, 0) is 23.8 Å². The number of carbonyl (C=O) groups excluding carboxylic acids is 1. The molecule has 2 aromatic rings. The Hall–Kier alpha value is -1.10. The Morgan fingerprint density at radius 2 is 2.11 bits per heavy atom. The van der Waals surface area contributed by atoms with Gasteiger partial charge in [-0.15, -0.1) is 0 Å². The number of nitrogens with one attached hydrogen (secondary N) is 1. The Morgan fingerprint density at radius 3 is 2.84 bits per heavy atom. The summed E-state index contributed by atoms with van der Waals surface area (Å²) in [6, 6.07) is 9.13. The first-order valence-electron chi connectivity index (χ1n) is 5.40. The lowest BCUT2D eigenvalue weighted by molar-refractivity contribution is 0.0951. The third-order valence-electron chi connectivity index (χ3n) is 2.41. The number of nitrogens with zero attached hydrogens (tertiary/aromatic N) is 1. The van der Waals surface area contributed by atoms with Crippen molar-refractivity contribution in [2.45, 2.75) is 6.54 Å². The van der Waals surface area contributed by atoms with Gasteiger partial charge in [-0.1, -0.05) is 51.3 Å². The van der Waals surface area contributed by atoms with E-state index in [1.165, 1.54) is 12.3 Å². The third kappa shape index (κ3) is 3.93. The van der Waals surface area contributed by atoms with E-state index in [9.17, 15) is 4.79 Å². The summed E-state index contributed by atoms with van der Waals surface area (Å²) in [4.78, 5) is 15.8. The Kier molecular flexibility index (Phi) is 4.80. The number of benzene rings is 1. The van der Waals surface area contributed by atoms with Gasteiger partial charge in [0.15, 0.2) is 0 Å². The second-order valence-electron chi connectivity index (χ2n) is 3.80. The molecule has 0 aliphatic carbocycles. The van der Waals surface area contributed by atoms with E-state index in [-0.39, 0.29) is 16.1 Å². The zero-order valence-corrected chi connectivity index (χ0v) is 12.8. The fourth-order valence-electron chi connectivity index (χ4n) is 1.51. The fourth-order valence-corrected chi connectivity index (χ4v) is 2.31. The molecule has 0 spiro atoms. The number of hydrogen-bond donors (Lipinski definition) is 1. The zero-order chi connectivity index (χ0) is 13.8. The molecular weight excluding hydrogens is 351 g/mol. The van der Waals surface area contributed by atoms with Gasteiger partial charge >= 0.3 is 0 Å². The van der Waals surface area contributed by atoms with Crippen LogP contribution in [0.5, 0.6) is 0 Å². The molecule has 1 N–H and O–H groups in total. The van der Waals surface area contributed by atoms with Gasteiger partial charge in [0.1, 0.15) is 5.15 Å². The van der Waals surface area contributed by atoms with Crippen LogP contribution < -0.4 is 5.32 Å². The summed E-state index contributed by atoms with van der Waals surface area (Å²) in [6.45, 7) is 0.411. The smallest absolute Gasteiger partial charge is 0.253 e. The van der Waals surface area contributed by atoms with E-state index in [0.717, 1.165) is 10.0 Å². The Bertz CT molecular complexity index is 619. The first kappa shape index (κ1) is 14.3. The van der Waals surface area contributed by atoms with Crippen LogP contribution in [0.25, 0.3) is 0 Å². The molecule has 0 radical (unpaired) electrons. The minimum atomic E-state index is -0.283. The zero-order valence-electron chi connectivity index (χ0n) is 9.66. The Balaban J connectivity index is 2.07. The van der Waals surface area contributed by atoms with Crippen LogP contribution in [0.15, 0.2) is 41.0 Å². The number of aromatic nitrogens is 1. The molecule has 0 bridgehead atoms. The molecule has 0 saturated heterocycles. The quantitative estimate of drug-likeness (QED) is 0.839. The highest BCUT2D eigenvalue weighted by Crippen LogP contribution is 2.18. The molecule has 2 rings (SSSR count). The molecule has 1 heterocycles.